The molecule has 0 spiro atoms. The van der Waals surface area contributed by atoms with Crippen molar-refractivity contribution in [3.8, 4) is 0 Å². The third-order valence-electron chi connectivity index (χ3n) is 3.02. The molecule has 0 fully saturated rings. The Morgan fingerprint density at radius 2 is 1.95 bits per heavy atom. The lowest BCUT2D eigenvalue weighted by Crippen LogP contribution is -2.33. The summed E-state index contributed by atoms with van der Waals surface area (Å²) in [5.74, 6) is -1.20. The summed E-state index contributed by atoms with van der Waals surface area (Å²) in [4.78, 5) is 27.7. The minimum absolute atomic E-state index is 0.110. The van der Waals surface area contributed by atoms with E-state index in [2.05, 4.69) is 20.9 Å². The summed E-state index contributed by atoms with van der Waals surface area (Å²) in [6.07, 6.45) is 1.55. The lowest BCUT2D eigenvalue weighted by atomic mass is 10.2. The molecule has 0 aliphatic carbocycles. The van der Waals surface area contributed by atoms with Crippen LogP contribution in [0.1, 0.15) is 22.5 Å². The van der Waals surface area contributed by atoms with Crippen molar-refractivity contribution in [2.24, 2.45) is 0 Å². The van der Waals surface area contributed by atoms with Gasteiger partial charge in [0.25, 0.3) is 5.91 Å². The number of aliphatic carboxylic acids is 1. The van der Waals surface area contributed by atoms with Crippen LogP contribution in [0.25, 0.3) is 0 Å². The molecular formula is C15H15BrN2O3. The Morgan fingerprint density at radius 1 is 1.29 bits per heavy atom. The molecule has 5 nitrogen and oxygen atoms in total. The molecule has 0 unspecified atom stereocenters. The van der Waals surface area contributed by atoms with Crippen molar-refractivity contribution in [1.29, 1.82) is 0 Å². The number of nitrogens with one attached hydrogen (secondary N) is 1. The van der Waals surface area contributed by atoms with Gasteiger partial charge in [0.05, 0.1) is 6.42 Å². The molecule has 1 aromatic heterocycles. The van der Waals surface area contributed by atoms with Gasteiger partial charge in [0, 0.05) is 22.9 Å². The average molecular weight is 351 g/mol. The van der Waals surface area contributed by atoms with E-state index in [4.69, 9.17) is 5.11 Å². The van der Waals surface area contributed by atoms with Crippen molar-refractivity contribution in [2.75, 3.05) is 11.4 Å². The first-order valence-electron chi connectivity index (χ1n) is 6.41. The summed E-state index contributed by atoms with van der Waals surface area (Å²) in [6.45, 7) is 2.07. The SMILES string of the molecule is Cc1ccc(N(CCC(=O)O)C(=O)c2cc(Br)c[nH]2)cc1. The molecule has 6 heteroatoms. The second kappa shape index (κ2) is 6.58. The Bertz CT molecular complexity index is 649. The van der Waals surface area contributed by atoms with Crippen LogP contribution in [0.15, 0.2) is 41.0 Å². The highest BCUT2D eigenvalue weighted by Crippen LogP contribution is 2.20. The smallest absolute Gasteiger partial charge is 0.305 e. The first-order valence-corrected chi connectivity index (χ1v) is 7.21. The number of carbonyl (C=O) groups excluding carboxylic acids is 1. The number of rotatable bonds is 5. The number of carboxylic acid groups (broad SMARTS) is 1. The second-order valence-corrected chi connectivity index (χ2v) is 5.58. The molecule has 21 heavy (non-hydrogen) atoms. The molecule has 0 aliphatic rings. The second-order valence-electron chi connectivity index (χ2n) is 4.67. The van der Waals surface area contributed by atoms with Crippen molar-refractivity contribution in [3.63, 3.8) is 0 Å². The van der Waals surface area contributed by atoms with E-state index in [-0.39, 0.29) is 18.9 Å². The van der Waals surface area contributed by atoms with Crippen LogP contribution in [0.3, 0.4) is 0 Å². The van der Waals surface area contributed by atoms with Gasteiger partial charge < -0.3 is 15.0 Å². The molecule has 0 bridgehead atoms. The zero-order valence-electron chi connectivity index (χ0n) is 11.5. The number of carbonyl (C=O) groups is 2. The Balaban J connectivity index is 2.28. The molecule has 0 atom stereocenters. The monoisotopic (exact) mass is 350 g/mol. The van der Waals surface area contributed by atoms with E-state index in [1.807, 2.05) is 31.2 Å². The molecule has 0 saturated carbocycles. The number of amides is 1. The van der Waals surface area contributed by atoms with Gasteiger partial charge in [-0.3, -0.25) is 9.59 Å². The van der Waals surface area contributed by atoms with Crippen LogP contribution in [-0.2, 0) is 4.79 Å². The quantitative estimate of drug-likeness (QED) is 0.869. The normalized spacial score (nSPS) is 10.4. The number of hydrogen-bond donors (Lipinski definition) is 2. The fourth-order valence-electron chi connectivity index (χ4n) is 1.92. The van der Waals surface area contributed by atoms with E-state index in [0.29, 0.717) is 11.4 Å². The molecule has 0 radical (unpaired) electrons. The number of hydrogen-bond acceptors (Lipinski definition) is 2. The molecule has 1 heterocycles. The number of carboxylic acids is 1. The van der Waals surface area contributed by atoms with Gasteiger partial charge in [0.15, 0.2) is 0 Å². The van der Waals surface area contributed by atoms with Gasteiger partial charge in [-0.05, 0) is 41.1 Å². The minimum Gasteiger partial charge on any atom is -0.481 e. The molecule has 0 aliphatic heterocycles. The predicted octanol–water partition coefficient (Wildman–Crippen LogP) is 3.21. The van der Waals surface area contributed by atoms with Crippen LogP contribution in [0.5, 0.6) is 0 Å². The van der Waals surface area contributed by atoms with Crippen molar-refractivity contribution >= 4 is 33.5 Å². The third-order valence-corrected chi connectivity index (χ3v) is 3.48. The summed E-state index contributed by atoms with van der Waals surface area (Å²) in [5, 5.41) is 8.86. The number of aryl methyl sites for hydroxylation is 1. The highest BCUT2D eigenvalue weighted by molar-refractivity contribution is 9.10. The Hall–Kier alpha value is -2.08. The van der Waals surface area contributed by atoms with Crippen molar-refractivity contribution in [3.05, 3.63) is 52.3 Å². The van der Waals surface area contributed by atoms with E-state index in [1.54, 1.807) is 12.3 Å². The molecule has 110 valence electrons. The van der Waals surface area contributed by atoms with Gasteiger partial charge in [-0.2, -0.15) is 0 Å². The van der Waals surface area contributed by atoms with E-state index >= 15 is 0 Å². The minimum atomic E-state index is -0.937. The number of aromatic amines is 1. The van der Waals surface area contributed by atoms with Gasteiger partial charge in [0.2, 0.25) is 0 Å². The molecular weight excluding hydrogens is 336 g/mol. The molecule has 2 N–H and O–H groups in total. The predicted molar refractivity (Wildman–Crippen MR) is 83.6 cm³/mol. The molecule has 1 amide bonds. The van der Waals surface area contributed by atoms with E-state index in [9.17, 15) is 9.59 Å². The van der Waals surface area contributed by atoms with E-state index in [0.717, 1.165) is 10.0 Å². The lowest BCUT2D eigenvalue weighted by molar-refractivity contribution is -0.136. The van der Waals surface area contributed by atoms with Crippen molar-refractivity contribution < 1.29 is 14.7 Å². The summed E-state index contributed by atoms with van der Waals surface area (Å²) in [5.41, 5.74) is 2.16. The van der Waals surface area contributed by atoms with E-state index < -0.39 is 5.97 Å². The average Bonchev–Trinajstić information content (AvgIpc) is 2.87. The summed E-state index contributed by atoms with van der Waals surface area (Å²) >= 11 is 3.28. The Kier molecular flexibility index (Phi) is 4.80. The van der Waals surface area contributed by atoms with Crippen LogP contribution >= 0.6 is 15.9 Å². The number of halogens is 1. The molecule has 1 aromatic carbocycles. The summed E-state index contributed by atoms with van der Waals surface area (Å²) < 4.78 is 0.771. The zero-order valence-corrected chi connectivity index (χ0v) is 13.1. The van der Waals surface area contributed by atoms with Gasteiger partial charge in [0.1, 0.15) is 5.69 Å². The van der Waals surface area contributed by atoms with Gasteiger partial charge >= 0.3 is 5.97 Å². The van der Waals surface area contributed by atoms with E-state index in [1.165, 1.54) is 4.90 Å². The highest BCUT2D eigenvalue weighted by Gasteiger charge is 2.19. The summed E-state index contributed by atoms with van der Waals surface area (Å²) in [6, 6.07) is 9.08. The fraction of sp³-hybridized carbons (Fsp3) is 0.200. The summed E-state index contributed by atoms with van der Waals surface area (Å²) in [7, 11) is 0. The van der Waals surface area contributed by atoms with Crippen molar-refractivity contribution in [1.82, 2.24) is 4.98 Å². The zero-order chi connectivity index (χ0) is 15.4. The maximum absolute atomic E-state index is 12.5. The van der Waals surface area contributed by atoms with Crippen LogP contribution in [0.4, 0.5) is 5.69 Å². The maximum atomic E-state index is 12.5. The van der Waals surface area contributed by atoms with Crippen LogP contribution in [-0.4, -0.2) is 28.5 Å². The highest BCUT2D eigenvalue weighted by atomic mass is 79.9. The van der Waals surface area contributed by atoms with Gasteiger partial charge in [-0.1, -0.05) is 17.7 Å². The third kappa shape index (κ3) is 3.95. The Labute approximate surface area is 130 Å². The fourth-order valence-corrected chi connectivity index (χ4v) is 2.26. The van der Waals surface area contributed by atoms with Crippen LogP contribution < -0.4 is 4.90 Å². The standard InChI is InChI=1S/C15H15BrN2O3/c1-10-2-4-12(5-3-10)18(7-6-14(19)20)15(21)13-8-11(16)9-17-13/h2-5,8-9,17H,6-7H2,1H3,(H,19,20). The number of aromatic nitrogens is 1. The molecule has 2 aromatic rings. The maximum Gasteiger partial charge on any atom is 0.305 e. The topological polar surface area (TPSA) is 73.4 Å². The van der Waals surface area contributed by atoms with Crippen LogP contribution in [0, 0.1) is 6.92 Å². The largest absolute Gasteiger partial charge is 0.481 e. The molecule has 0 saturated heterocycles. The number of nitrogens with zero attached hydrogens (tertiary/aromatic N) is 1. The van der Waals surface area contributed by atoms with Crippen LogP contribution in [0.2, 0.25) is 0 Å². The first-order chi connectivity index (χ1) is 9.97. The number of benzene rings is 1. The lowest BCUT2D eigenvalue weighted by Gasteiger charge is -2.21. The Morgan fingerprint density at radius 3 is 2.48 bits per heavy atom. The van der Waals surface area contributed by atoms with Gasteiger partial charge in [-0.15, -0.1) is 0 Å². The van der Waals surface area contributed by atoms with Gasteiger partial charge in [-0.25, -0.2) is 0 Å². The number of H-pyrrole nitrogens is 1. The number of anilines is 1. The van der Waals surface area contributed by atoms with Crippen molar-refractivity contribution in [2.45, 2.75) is 13.3 Å². The first kappa shape index (κ1) is 15.3. The molecule has 2 rings (SSSR count).